The Hall–Kier alpha value is -3.82. The highest BCUT2D eigenvalue weighted by atomic mass is 35.5. The second kappa shape index (κ2) is 11.5. The number of hydrogen-bond donors (Lipinski definition) is 1. The molecule has 10 heteroatoms. The van der Waals surface area contributed by atoms with Crippen LogP contribution in [0.2, 0.25) is 5.02 Å². The number of nitrogens with zero attached hydrogens (tertiary/aromatic N) is 3. The topological polar surface area (TPSA) is 57.7 Å². The number of anilines is 3. The highest BCUT2D eigenvalue weighted by Gasteiger charge is 2.30. The van der Waals surface area contributed by atoms with Crippen molar-refractivity contribution in [3.05, 3.63) is 95.1 Å². The Labute approximate surface area is 229 Å². The molecule has 202 valence electrons. The molecule has 0 aliphatic carbocycles. The lowest BCUT2D eigenvalue weighted by molar-refractivity contribution is -0.137. The van der Waals surface area contributed by atoms with Gasteiger partial charge in [-0.3, -0.25) is 9.88 Å². The summed E-state index contributed by atoms with van der Waals surface area (Å²) in [6.07, 6.45) is -3.03. The molecule has 0 bridgehead atoms. The zero-order chi connectivity index (χ0) is 27.4. The number of carbonyl (C=O) groups is 1. The lowest BCUT2D eigenvalue weighted by atomic mass is 10.1. The summed E-state index contributed by atoms with van der Waals surface area (Å²) in [5.74, 6) is -0.478. The van der Waals surface area contributed by atoms with Crippen molar-refractivity contribution in [3.63, 3.8) is 0 Å². The van der Waals surface area contributed by atoms with Gasteiger partial charge in [-0.05, 0) is 48.5 Å². The van der Waals surface area contributed by atoms with Crippen molar-refractivity contribution in [2.45, 2.75) is 6.18 Å². The molecule has 5 rings (SSSR count). The molecular formula is C29H26ClF3N4O2. The van der Waals surface area contributed by atoms with Crippen LogP contribution in [0.25, 0.3) is 10.9 Å². The molecular weight excluding hydrogens is 529 g/mol. The molecule has 0 spiro atoms. The summed E-state index contributed by atoms with van der Waals surface area (Å²) in [6, 6.07) is 19.7. The molecule has 0 atom stereocenters. The molecule has 1 aromatic heterocycles. The fraction of sp³-hybridized carbons (Fsp3) is 0.241. The minimum atomic E-state index is -4.46. The van der Waals surface area contributed by atoms with E-state index in [4.69, 9.17) is 16.3 Å². The molecule has 1 fully saturated rings. The Bertz CT molecular complexity index is 1470. The molecule has 0 saturated carbocycles. The third-order valence-corrected chi connectivity index (χ3v) is 6.91. The maximum atomic E-state index is 13.1. The van der Waals surface area contributed by atoms with Crippen LogP contribution in [0, 0.1) is 0 Å². The number of benzene rings is 3. The predicted molar refractivity (Wildman–Crippen MR) is 147 cm³/mol. The minimum Gasteiger partial charge on any atom is -0.461 e. The first-order chi connectivity index (χ1) is 18.8. The van der Waals surface area contributed by atoms with Gasteiger partial charge in [0.1, 0.15) is 6.61 Å². The van der Waals surface area contributed by atoms with E-state index in [0.717, 1.165) is 44.0 Å². The zero-order valence-corrected chi connectivity index (χ0v) is 21.7. The number of ether oxygens (including phenoxy) is 1. The van der Waals surface area contributed by atoms with Crippen LogP contribution in [0.3, 0.4) is 0 Å². The predicted octanol–water partition coefficient (Wildman–Crippen LogP) is 6.63. The van der Waals surface area contributed by atoms with Crippen LogP contribution >= 0.6 is 11.6 Å². The number of halogens is 4. The molecule has 0 amide bonds. The van der Waals surface area contributed by atoms with Crippen molar-refractivity contribution in [2.24, 2.45) is 0 Å². The summed E-state index contributed by atoms with van der Waals surface area (Å²) in [5.41, 5.74) is 1.89. The van der Waals surface area contributed by atoms with Crippen molar-refractivity contribution in [2.75, 3.05) is 49.5 Å². The van der Waals surface area contributed by atoms with E-state index in [-0.39, 0.29) is 12.1 Å². The van der Waals surface area contributed by atoms with Gasteiger partial charge in [0.2, 0.25) is 0 Å². The van der Waals surface area contributed by atoms with Crippen LogP contribution in [0.15, 0.2) is 79.0 Å². The lowest BCUT2D eigenvalue weighted by Gasteiger charge is -2.36. The summed E-state index contributed by atoms with van der Waals surface area (Å²) in [7, 11) is 0. The lowest BCUT2D eigenvalue weighted by Crippen LogP contribution is -2.47. The van der Waals surface area contributed by atoms with E-state index in [1.54, 1.807) is 30.3 Å². The molecule has 3 aromatic carbocycles. The number of nitrogens with one attached hydrogen (secondary N) is 1. The van der Waals surface area contributed by atoms with Gasteiger partial charge in [-0.15, -0.1) is 0 Å². The summed E-state index contributed by atoms with van der Waals surface area (Å²) >= 11 is 6.11. The Morgan fingerprint density at radius 1 is 0.949 bits per heavy atom. The van der Waals surface area contributed by atoms with Crippen molar-refractivity contribution in [3.8, 4) is 0 Å². The largest absolute Gasteiger partial charge is 0.461 e. The van der Waals surface area contributed by atoms with Crippen LogP contribution < -0.4 is 10.2 Å². The van der Waals surface area contributed by atoms with Crippen molar-refractivity contribution in [1.29, 1.82) is 0 Å². The van der Waals surface area contributed by atoms with Gasteiger partial charge in [0.15, 0.2) is 0 Å². The first-order valence-electron chi connectivity index (χ1n) is 12.5. The second-order valence-corrected chi connectivity index (χ2v) is 9.64. The van der Waals surface area contributed by atoms with Gasteiger partial charge >= 0.3 is 12.1 Å². The molecule has 1 saturated heterocycles. The normalized spacial score (nSPS) is 14.4. The number of pyridine rings is 1. The van der Waals surface area contributed by atoms with Gasteiger partial charge in [-0.1, -0.05) is 35.9 Å². The molecule has 2 heterocycles. The number of alkyl halides is 3. The van der Waals surface area contributed by atoms with Gasteiger partial charge in [0.05, 0.1) is 22.3 Å². The number of para-hydroxylation sites is 1. The Morgan fingerprint density at radius 3 is 2.51 bits per heavy atom. The highest BCUT2D eigenvalue weighted by molar-refractivity contribution is 6.30. The monoisotopic (exact) mass is 554 g/mol. The van der Waals surface area contributed by atoms with Crippen LogP contribution in [0.5, 0.6) is 0 Å². The van der Waals surface area contributed by atoms with Crippen LogP contribution in [-0.2, 0) is 10.9 Å². The number of esters is 1. The second-order valence-electron chi connectivity index (χ2n) is 9.20. The Balaban J connectivity index is 1.19. The summed E-state index contributed by atoms with van der Waals surface area (Å²) in [5, 5.41) is 4.39. The van der Waals surface area contributed by atoms with E-state index >= 15 is 0 Å². The van der Waals surface area contributed by atoms with Gasteiger partial charge in [-0.25, -0.2) is 4.79 Å². The summed E-state index contributed by atoms with van der Waals surface area (Å²) in [4.78, 5) is 21.6. The maximum absolute atomic E-state index is 13.1. The van der Waals surface area contributed by atoms with Crippen LogP contribution in [-0.4, -0.2) is 55.2 Å². The SMILES string of the molecule is O=C(OCCN1CCN(c2cccc(Cl)c2)CC1)c1ccccc1Nc1ccnc2cc(C(F)(F)F)ccc12. The van der Waals surface area contributed by atoms with E-state index in [0.29, 0.717) is 33.9 Å². The van der Waals surface area contributed by atoms with E-state index in [1.807, 2.05) is 24.3 Å². The minimum absolute atomic E-state index is 0.199. The Morgan fingerprint density at radius 2 is 1.74 bits per heavy atom. The zero-order valence-electron chi connectivity index (χ0n) is 20.9. The van der Waals surface area contributed by atoms with E-state index < -0.39 is 17.7 Å². The number of carbonyl (C=O) groups excluding carboxylic acids is 1. The smallest absolute Gasteiger partial charge is 0.416 e. The molecule has 6 nitrogen and oxygen atoms in total. The number of aromatic nitrogens is 1. The highest BCUT2D eigenvalue weighted by Crippen LogP contribution is 2.34. The fourth-order valence-corrected chi connectivity index (χ4v) is 4.78. The fourth-order valence-electron chi connectivity index (χ4n) is 4.60. The molecule has 0 unspecified atom stereocenters. The van der Waals surface area contributed by atoms with Crippen LogP contribution in [0.1, 0.15) is 15.9 Å². The third-order valence-electron chi connectivity index (χ3n) is 6.67. The third kappa shape index (κ3) is 6.43. The molecule has 39 heavy (non-hydrogen) atoms. The van der Waals surface area contributed by atoms with Gasteiger partial charge in [0.25, 0.3) is 0 Å². The molecule has 4 aromatic rings. The standard InChI is InChI=1S/C29H26ClF3N4O2/c30-21-4-3-5-22(19-21)37-14-12-36(13-15-37)16-17-39-28(38)24-6-1-2-7-25(24)35-26-10-11-34-27-18-20(29(31,32)33)8-9-23(26)27/h1-11,18-19H,12-17H2,(H,34,35). The molecule has 1 aliphatic rings. The van der Waals surface area contributed by atoms with Crippen molar-refractivity contribution in [1.82, 2.24) is 9.88 Å². The number of hydrogen-bond acceptors (Lipinski definition) is 6. The maximum Gasteiger partial charge on any atom is 0.416 e. The van der Waals surface area contributed by atoms with Gasteiger partial charge < -0.3 is 15.0 Å². The first-order valence-corrected chi connectivity index (χ1v) is 12.9. The van der Waals surface area contributed by atoms with E-state index in [2.05, 4.69) is 20.1 Å². The van der Waals surface area contributed by atoms with Crippen molar-refractivity contribution < 1.29 is 22.7 Å². The van der Waals surface area contributed by atoms with Crippen LogP contribution in [0.4, 0.5) is 30.2 Å². The average Bonchev–Trinajstić information content (AvgIpc) is 2.93. The van der Waals surface area contributed by atoms with Gasteiger partial charge in [0, 0.05) is 60.7 Å². The van der Waals surface area contributed by atoms with E-state index in [1.165, 1.54) is 12.3 Å². The molecule has 1 N–H and O–H groups in total. The quantitative estimate of drug-likeness (QED) is 0.259. The Kier molecular flexibility index (Phi) is 7.90. The van der Waals surface area contributed by atoms with Crippen molar-refractivity contribution >= 4 is 45.5 Å². The summed E-state index contributed by atoms with van der Waals surface area (Å²) < 4.78 is 45.0. The first kappa shape index (κ1) is 26.8. The van der Waals surface area contributed by atoms with Gasteiger partial charge in [-0.2, -0.15) is 13.2 Å². The van der Waals surface area contributed by atoms with E-state index in [9.17, 15) is 18.0 Å². The number of fused-ring (bicyclic) bond motifs is 1. The molecule has 0 radical (unpaired) electrons. The average molecular weight is 555 g/mol. The molecule has 1 aliphatic heterocycles. The number of piperazine rings is 1. The number of rotatable bonds is 7. The summed E-state index contributed by atoms with van der Waals surface area (Å²) in [6.45, 7) is 4.24.